The van der Waals surface area contributed by atoms with Crippen LogP contribution in [-0.2, 0) is 0 Å². The zero-order valence-corrected chi connectivity index (χ0v) is 12.4. The maximum atomic E-state index is 12.8. The van der Waals surface area contributed by atoms with Gasteiger partial charge in [-0.1, -0.05) is 11.6 Å². The summed E-state index contributed by atoms with van der Waals surface area (Å²) >= 11 is 9.16. The molecule has 0 bridgehead atoms. The summed E-state index contributed by atoms with van der Waals surface area (Å²) in [4.78, 5) is 13.7. The fourth-order valence-corrected chi connectivity index (χ4v) is 2.10. The van der Waals surface area contributed by atoms with E-state index in [-0.39, 0.29) is 11.7 Å². The van der Waals surface area contributed by atoms with Crippen molar-refractivity contribution in [1.82, 2.24) is 0 Å². The molecule has 0 saturated carbocycles. The molecule has 0 unspecified atom stereocenters. The third kappa shape index (κ3) is 3.14. The second-order valence-electron chi connectivity index (χ2n) is 3.97. The van der Waals surface area contributed by atoms with Crippen molar-refractivity contribution in [2.24, 2.45) is 0 Å². The first kappa shape index (κ1) is 14.0. The van der Waals surface area contributed by atoms with Gasteiger partial charge in [-0.05, 0) is 58.4 Å². The topological polar surface area (TPSA) is 20.3 Å². The van der Waals surface area contributed by atoms with E-state index in [1.807, 2.05) is 0 Å². The number of hydrogen-bond donors (Lipinski definition) is 0. The van der Waals surface area contributed by atoms with Gasteiger partial charge in [0.15, 0.2) is 0 Å². The van der Waals surface area contributed by atoms with Crippen molar-refractivity contribution in [3.8, 4) is 0 Å². The van der Waals surface area contributed by atoms with E-state index < -0.39 is 0 Å². The minimum absolute atomic E-state index is 0.191. The second kappa shape index (κ2) is 5.72. The third-order valence-electron chi connectivity index (χ3n) is 2.69. The Bertz CT molecular complexity index is 615. The van der Waals surface area contributed by atoms with Gasteiger partial charge < -0.3 is 4.90 Å². The van der Waals surface area contributed by atoms with Crippen LogP contribution in [0.25, 0.3) is 0 Å². The highest BCUT2D eigenvalue weighted by molar-refractivity contribution is 9.10. The van der Waals surface area contributed by atoms with Crippen LogP contribution in [0, 0.1) is 5.82 Å². The molecule has 98 valence electrons. The Morgan fingerprint density at radius 3 is 2.42 bits per heavy atom. The Balaban J connectivity index is 2.28. The number of carbonyl (C=O) groups is 1. The molecule has 0 heterocycles. The van der Waals surface area contributed by atoms with E-state index in [2.05, 4.69) is 15.9 Å². The highest BCUT2D eigenvalue weighted by atomic mass is 79.9. The SMILES string of the molecule is CN(C(=O)c1ccc(Cl)c(Br)c1)c1ccc(F)cc1. The summed E-state index contributed by atoms with van der Waals surface area (Å²) in [6.07, 6.45) is 0. The van der Waals surface area contributed by atoms with Gasteiger partial charge in [-0.15, -0.1) is 0 Å². The molecule has 0 saturated heterocycles. The summed E-state index contributed by atoms with van der Waals surface area (Å²) in [5.74, 6) is -0.525. The van der Waals surface area contributed by atoms with E-state index in [0.717, 1.165) is 0 Å². The molecule has 1 amide bonds. The van der Waals surface area contributed by atoms with Gasteiger partial charge in [0.1, 0.15) is 5.82 Å². The van der Waals surface area contributed by atoms with Crippen LogP contribution in [0.5, 0.6) is 0 Å². The average molecular weight is 343 g/mol. The summed E-state index contributed by atoms with van der Waals surface area (Å²) in [5, 5.41) is 0.543. The van der Waals surface area contributed by atoms with Crippen LogP contribution in [0.3, 0.4) is 0 Å². The van der Waals surface area contributed by atoms with E-state index in [1.165, 1.54) is 17.0 Å². The van der Waals surface area contributed by atoms with Crippen molar-refractivity contribution in [3.63, 3.8) is 0 Å². The highest BCUT2D eigenvalue weighted by Gasteiger charge is 2.14. The molecule has 0 fully saturated rings. The number of amides is 1. The number of hydrogen-bond acceptors (Lipinski definition) is 1. The summed E-state index contributed by atoms with van der Waals surface area (Å²) in [7, 11) is 1.64. The number of benzene rings is 2. The van der Waals surface area contributed by atoms with Crippen LogP contribution in [0.15, 0.2) is 46.9 Å². The first-order valence-electron chi connectivity index (χ1n) is 5.47. The monoisotopic (exact) mass is 341 g/mol. The zero-order chi connectivity index (χ0) is 14.0. The zero-order valence-electron chi connectivity index (χ0n) is 10.0. The van der Waals surface area contributed by atoms with Crippen LogP contribution in [0.1, 0.15) is 10.4 Å². The smallest absolute Gasteiger partial charge is 0.258 e. The molecule has 0 aromatic heterocycles. The van der Waals surface area contributed by atoms with Gasteiger partial charge in [-0.2, -0.15) is 0 Å². The lowest BCUT2D eigenvalue weighted by atomic mass is 10.2. The lowest BCUT2D eigenvalue weighted by molar-refractivity contribution is 0.0993. The highest BCUT2D eigenvalue weighted by Crippen LogP contribution is 2.24. The van der Waals surface area contributed by atoms with Gasteiger partial charge in [0.05, 0.1) is 5.02 Å². The van der Waals surface area contributed by atoms with Gasteiger partial charge in [0.2, 0.25) is 0 Å². The quantitative estimate of drug-likeness (QED) is 0.786. The largest absolute Gasteiger partial charge is 0.311 e. The number of carbonyl (C=O) groups excluding carboxylic acids is 1. The molecule has 0 aliphatic heterocycles. The van der Waals surface area contributed by atoms with Crippen molar-refractivity contribution in [3.05, 3.63) is 63.3 Å². The first-order chi connectivity index (χ1) is 8.99. The van der Waals surface area contributed by atoms with E-state index in [0.29, 0.717) is 20.7 Å². The first-order valence-corrected chi connectivity index (χ1v) is 6.65. The molecule has 0 aliphatic carbocycles. The van der Waals surface area contributed by atoms with Gasteiger partial charge in [-0.3, -0.25) is 4.79 Å². The lowest BCUT2D eigenvalue weighted by Gasteiger charge is -2.17. The van der Waals surface area contributed by atoms with Crippen molar-refractivity contribution in [2.45, 2.75) is 0 Å². The minimum atomic E-state index is -0.334. The molecule has 2 aromatic rings. The molecule has 0 atom stereocenters. The van der Waals surface area contributed by atoms with Crippen LogP contribution in [0.2, 0.25) is 5.02 Å². The van der Waals surface area contributed by atoms with Crippen LogP contribution >= 0.6 is 27.5 Å². The van der Waals surface area contributed by atoms with Crippen LogP contribution in [-0.4, -0.2) is 13.0 Å². The second-order valence-corrected chi connectivity index (χ2v) is 5.23. The Labute approximate surface area is 123 Å². The van der Waals surface area contributed by atoms with E-state index in [1.54, 1.807) is 37.4 Å². The predicted molar refractivity (Wildman–Crippen MR) is 78.3 cm³/mol. The molecule has 0 N–H and O–H groups in total. The van der Waals surface area contributed by atoms with Crippen molar-refractivity contribution in [1.29, 1.82) is 0 Å². The van der Waals surface area contributed by atoms with Gasteiger partial charge >= 0.3 is 0 Å². The molecule has 2 nitrogen and oxygen atoms in total. The molecule has 5 heteroatoms. The van der Waals surface area contributed by atoms with Crippen molar-refractivity contribution >= 4 is 39.1 Å². The number of rotatable bonds is 2. The molecular formula is C14H10BrClFNO. The number of anilines is 1. The van der Waals surface area contributed by atoms with Gasteiger partial charge in [-0.25, -0.2) is 4.39 Å². The maximum absolute atomic E-state index is 12.8. The lowest BCUT2D eigenvalue weighted by Crippen LogP contribution is -2.26. The normalized spacial score (nSPS) is 10.3. The summed E-state index contributed by atoms with van der Waals surface area (Å²) < 4.78 is 13.5. The van der Waals surface area contributed by atoms with Crippen LogP contribution in [0.4, 0.5) is 10.1 Å². The molecule has 2 rings (SSSR count). The van der Waals surface area contributed by atoms with E-state index in [9.17, 15) is 9.18 Å². The van der Waals surface area contributed by atoms with Crippen molar-refractivity contribution < 1.29 is 9.18 Å². The Kier molecular flexibility index (Phi) is 4.22. The molecule has 0 spiro atoms. The Morgan fingerprint density at radius 1 is 1.21 bits per heavy atom. The number of nitrogens with zero attached hydrogens (tertiary/aromatic N) is 1. The standard InChI is InChI=1S/C14H10BrClFNO/c1-18(11-5-3-10(17)4-6-11)14(19)9-2-7-13(16)12(15)8-9/h2-8H,1H3. The molecular weight excluding hydrogens is 333 g/mol. The van der Waals surface area contributed by atoms with Crippen LogP contribution < -0.4 is 4.90 Å². The predicted octanol–water partition coefficient (Wildman–Crippen LogP) is 4.52. The molecule has 0 radical (unpaired) electrons. The Hall–Kier alpha value is -1.39. The van der Waals surface area contributed by atoms with Crippen molar-refractivity contribution in [2.75, 3.05) is 11.9 Å². The summed E-state index contributed by atoms with van der Waals surface area (Å²) in [6.45, 7) is 0. The number of halogens is 3. The average Bonchev–Trinajstić information content (AvgIpc) is 2.41. The van der Waals surface area contributed by atoms with E-state index >= 15 is 0 Å². The van der Waals surface area contributed by atoms with E-state index in [4.69, 9.17) is 11.6 Å². The molecule has 2 aromatic carbocycles. The van der Waals surface area contributed by atoms with Gasteiger partial charge in [0.25, 0.3) is 5.91 Å². The molecule has 19 heavy (non-hydrogen) atoms. The summed E-state index contributed by atoms with van der Waals surface area (Å²) in [5.41, 5.74) is 1.13. The fraction of sp³-hybridized carbons (Fsp3) is 0.0714. The minimum Gasteiger partial charge on any atom is -0.311 e. The Morgan fingerprint density at radius 2 is 1.84 bits per heavy atom. The maximum Gasteiger partial charge on any atom is 0.258 e. The molecule has 0 aliphatic rings. The van der Waals surface area contributed by atoms with Gasteiger partial charge in [0, 0.05) is 22.8 Å². The summed E-state index contributed by atoms with van der Waals surface area (Å²) in [6, 6.07) is 10.7. The third-order valence-corrected chi connectivity index (χ3v) is 3.90. The fourth-order valence-electron chi connectivity index (χ4n) is 1.60.